The van der Waals surface area contributed by atoms with Crippen molar-refractivity contribution in [1.29, 1.82) is 0 Å². The predicted molar refractivity (Wildman–Crippen MR) is 54.5 cm³/mol. The van der Waals surface area contributed by atoms with E-state index >= 15 is 0 Å². The van der Waals surface area contributed by atoms with Crippen LogP contribution >= 0.6 is 0 Å². The fourth-order valence-corrected chi connectivity index (χ4v) is 1.35. The summed E-state index contributed by atoms with van der Waals surface area (Å²) in [5.74, 6) is 0.299. The average Bonchev–Trinajstić information content (AvgIpc) is 2.55. The molecule has 0 radical (unpaired) electrons. The van der Waals surface area contributed by atoms with Crippen molar-refractivity contribution in [2.75, 3.05) is 0 Å². The smallest absolute Gasteiger partial charge is 0.250 e. The molecule has 0 N–H and O–H groups in total. The van der Waals surface area contributed by atoms with Gasteiger partial charge in [0.2, 0.25) is 0 Å². The van der Waals surface area contributed by atoms with E-state index in [1.54, 1.807) is 18.3 Å². The fraction of sp³-hybridized carbons (Fsp3) is 0.400. The number of pyridine rings is 1. The molecule has 0 saturated carbocycles. The third kappa shape index (κ3) is 1.23. The van der Waals surface area contributed by atoms with Crippen molar-refractivity contribution in [2.45, 2.75) is 19.8 Å². The Morgan fingerprint density at radius 1 is 1.57 bits per heavy atom. The molecule has 0 bridgehead atoms. The lowest BCUT2D eigenvalue weighted by Gasteiger charge is -2.03. The minimum Gasteiger partial charge on any atom is -0.250 e. The number of aromatic nitrogens is 3. The van der Waals surface area contributed by atoms with E-state index in [1.807, 2.05) is 13.8 Å². The molecule has 2 rings (SSSR count). The second-order valence-corrected chi connectivity index (χ2v) is 3.54. The zero-order valence-corrected chi connectivity index (χ0v) is 8.06. The summed E-state index contributed by atoms with van der Waals surface area (Å²) >= 11 is 0. The highest BCUT2D eigenvalue weighted by molar-refractivity contribution is 5.40. The zero-order valence-electron chi connectivity index (χ0n) is 11.1. The summed E-state index contributed by atoms with van der Waals surface area (Å²) in [4.78, 5) is 11.8. The van der Waals surface area contributed by atoms with E-state index < -0.39 is 12.7 Å². The Morgan fingerprint density at radius 2 is 2.36 bits per heavy atom. The van der Waals surface area contributed by atoms with E-state index in [1.165, 1.54) is 4.40 Å². The molecule has 0 fully saturated rings. The highest BCUT2D eigenvalue weighted by Crippen LogP contribution is 2.14. The molecule has 0 unspecified atom stereocenters. The molecule has 0 aliphatic rings. The van der Waals surface area contributed by atoms with Crippen LogP contribution in [0.1, 0.15) is 29.4 Å². The Balaban J connectivity index is 2.70. The van der Waals surface area contributed by atoms with Gasteiger partial charge < -0.3 is 0 Å². The standard InChI is InChI=1S/C10H13N3O/c1-7(2)8-4-5-13-9(6-8)11-12(3)10(13)14/h4-7H,1-3H3/i3D3. The lowest BCUT2D eigenvalue weighted by molar-refractivity contribution is 0.733. The van der Waals surface area contributed by atoms with Crippen molar-refractivity contribution in [3.8, 4) is 0 Å². The number of aryl methyl sites for hydroxylation is 1. The number of hydrogen-bond donors (Lipinski definition) is 0. The Bertz CT molecular complexity index is 609. The van der Waals surface area contributed by atoms with Crippen LogP contribution in [0.25, 0.3) is 5.65 Å². The molecule has 0 spiro atoms. The van der Waals surface area contributed by atoms with E-state index in [0.717, 1.165) is 5.56 Å². The first-order valence-corrected chi connectivity index (χ1v) is 4.42. The molecule has 4 nitrogen and oxygen atoms in total. The molecule has 14 heavy (non-hydrogen) atoms. The van der Waals surface area contributed by atoms with Crippen molar-refractivity contribution in [3.05, 3.63) is 34.4 Å². The molecule has 0 atom stereocenters. The maximum Gasteiger partial charge on any atom is 0.350 e. The van der Waals surface area contributed by atoms with E-state index in [4.69, 9.17) is 4.11 Å². The van der Waals surface area contributed by atoms with Gasteiger partial charge in [-0.05, 0) is 23.6 Å². The summed E-state index contributed by atoms with van der Waals surface area (Å²) in [6.07, 6.45) is 1.56. The minimum atomic E-state index is -2.54. The van der Waals surface area contributed by atoms with Crippen molar-refractivity contribution < 1.29 is 4.11 Å². The Kier molecular flexibility index (Phi) is 1.28. The van der Waals surface area contributed by atoms with E-state index in [-0.39, 0.29) is 0 Å². The quantitative estimate of drug-likeness (QED) is 0.683. The molecule has 0 aromatic carbocycles. The van der Waals surface area contributed by atoms with Gasteiger partial charge in [0.1, 0.15) is 0 Å². The molecule has 2 aromatic heterocycles. The SMILES string of the molecule is [2H]C([2H])([2H])n1nc2cc(C(C)C)ccn2c1=O. The topological polar surface area (TPSA) is 39.3 Å². The first kappa shape index (κ1) is 6.01. The summed E-state index contributed by atoms with van der Waals surface area (Å²) in [6.45, 7) is 1.50. The summed E-state index contributed by atoms with van der Waals surface area (Å²) in [5.41, 5.74) is 0.729. The van der Waals surface area contributed by atoms with Crippen LogP contribution in [0.5, 0.6) is 0 Å². The molecule has 0 aliphatic heterocycles. The Labute approximate surface area is 86.0 Å². The number of nitrogens with zero attached hydrogens (tertiary/aromatic N) is 3. The van der Waals surface area contributed by atoms with E-state index in [9.17, 15) is 4.79 Å². The monoisotopic (exact) mass is 194 g/mol. The number of hydrogen-bond acceptors (Lipinski definition) is 2. The molecule has 0 amide bonds. The highest BCUT2D eigenvalue weighted by Gasteiger charge is 2.05. The summed E-state index contributed by atoms with van der Waals surface area (Å²) < 4.78 is 23.4. The largest absolute Gasteiger partial charge is 0.350 e. The van der Waals surface area contributed by atoms with Crippen LogP contribution in [0.15, 0.2) is 23.1 Å². The van der Waals surface area contributed by atoms with Gasteiger partial charge in [-0.15, -0.1) is 0 Å². The molecular weight excluding hydrogens is 178 g/mol. The molecule has 0 aliphatic carbocycles. The first-order valence-electron chi connectivity index (χ1n) is 5.92. The third-order valence-electron chi connectivity index (χ3n) is 2.22. The highest BCUT2D eigenvalue weighted by atomic mass is 16.2. The maximum absolute atomic E-state index is 11.8. The second-order valence-electron chi connectivity index (χ2n) is 3.54. The van der Waals surface area contributed by atoms with Gasteiger partial charge >= 0.3 is 5.69 Å². The van der Waals surface area contributed by atoms with Crippen LogP contribution in [-0.2, 0) is 6.98 Å². The summed E-state index contributed by atoms with van der Waals surface area (Å²) in [7, 11) is 0. The number of fused-ring (bicyclic) bond motifs is 1. The van der Waals surface area contributed by atoms with E-state index in [2.05, 4.69) is 5.10 Å². The lowest BCUT2D eigenvalue weighted by atomic mass is 10.1. The van der Waals surface area contributed by atoms with Gasteiger partial charge in [0.25, 0.3) is 0 Å². The van der Waals surface area contributed by atoms with Gasteiger partial charge in [-0.25, -0.2) is 9.48 Å². The molecular formula is C10H13N3O. The van der Waals surface area contributed by atoms with Gasteiger partial charge in [-0.1, -0.05) is 13.8 Å². The van der Waals surface area contributed by atoms with Crippen molar-refractivity contribution >= 4 is 5.65 Å². The first-order chi connectivity index (χ1) is 7.80. The minimum absolute atomic E-state index is 0.299. The predicted octanol–water partition coefficient (Wildman–Crippen LogP) is 1.16. The fourth-order valence-electron chi connectivity index (χ4n) is 1.35. The summed E-state index contributed by atoms with van der Waals surface area (Å²) in [6, 6.07) is 3.53. The molecule has 74 valence electrons. The zero-order chi connectivity index (χ0) is 12.8. The Hall–Kier alpha value is -1.58. The van der Waals surface area contributed by atoms with Crippen LogP contribution in [0.2, 0.25) is 0 Å². The van der Waals surface area contributed by atoms with Crippen molar-refractivity contribution in [3.63, 3.8) is 0 Å². The molecule has 4 heteroatoms. The van der Waals surface area contributed by atoms with Gasteiger partial charge in [-0.3, -0.25) is 4.40 Å². The van der Waals surface area contributed by atoms with Gasteiger partial charge in [0.15, 0.2) is 5.65 Å². The molecule has 2 heterocycles. The van der Waals surface area contributed by atoms with Gasteiger partial charge in [-0.2, -0.15) is 5.10 Å². The molecule has 2 aromatic rings. The summed E-state index contributed by atoms with van der Waals surface area (Å²) in [5, 5.41) is 3.83. The average molecular weight is 194 g/mol. The van der Waals surface area contributed by atoms with Crippen LogP contribution < -0.4 is 5.69 Å². The second kappa shape index (κ2) is 2.97. The normalized spacial score (nSPS) is 15.5. The van der Waals surface area contributed by atoms with Gasteiger partial charge in [0, 0.05) is 17.3 Å². The van der Waals surface area contributed by atoms with Crippen molar-refractivity contribution in [1.82, 2.24) is 14.2 Å². The van der Waals surface area contributed by atoms with Gasteiger partial charge in [0.05, 0.1) is 0 Å². The van der Waals surface area contributed by atoms with Crippen LogP contribution in [0, 0.1) is 0 Å². The van der Waals surface area contributed by atoms with E-state index in [0.29, 0.717) is 16.2 Å². The lowest BCUT2D eigenvalue weighted by Crippen LogP contribution is -2.17. The Morgan fingerprint density at radius 3 is 3.00 bits per heavy atom. The van der Waals surface area contributed by atoms with Crippen LogP contribution in [0.4, 0.5) is 0 Å². The maximum atomic E-state index is 11.8. The number of rotatable bonds is 1. The molecule has 0 saturated heterocycles. The van der Waals surface area contributed by atoms with Crippen LogP contribution in [0.3, 0.4) is 0 Å². The van der Waals surface area contributed by atoms with Crippen LogP contribution in [-0.4, -0.2) is 14.2 Å². The van der Waals surface area contributed by atoms with Crippen molar-refractivity contribution in [2.24, 2.45) is 6.98 Å². The third-order valence-corrected chi connectivity index (χ3v) is 2.22.